The van der Waals surface area contributed by atoms with E-state index >= 15 is 0 Å². The lowest BCUT2D eigenvalue weighted by Crippen LogP contribution is -2.32. The Morgan fingerprint density at radius 1 is 1.20 bits per heavy atom. The molecule has 1 aromatic heterocycles. The van der Waals surface area contributed by atoms with Crippen molar-refractivity contribution in [2.24, 2.45) is 0 Å². The van der Waals surface area contributed by atoms with Crippen LogP contribution in [0.5, 0.6) is 11.5 Å². The molecule has 0 bridgehead atoms. The van der Waals surface area contributed by atoms with E-state index in [1.807, 2.05) is 30.3 Å². The summed E-state index contributed by atoms with van der Waals surface area (Å²) < 4.78 is 21.8. The van der Waals surface area contributed by atoms with E-state index in [-0.39, 0.29) is 18.6 Å². The average Bonchev–Trinajstić information content (AvgIpc) is 3.48. The Bertz CT molecular complexity index is 980. The summed E-state index contributed by atoms with van der Waals surface area (Å²) in [6.45, 7) is 1.30. The fourth-order valence-electron chi connectivity index (χ4n) is 3.20. The summed E-state index contributed by atoms with van der Waals surface area (Å²) in [5.41, 5.74) is 1.25. The molecular formula is C22H23N3O5. The van der Waals surface area contributed by atoms with Crippen LogP contribution in [-0.4, -0.2) is 42.4 Å². The summed E-state index contributed by atoms with van der Waals surface area (Å²) >= 11 is 0. The molecule has 4 rings (SSSR count). The second-order valence-electron chi connectivity index (χ2n) is 6.87. The number of carbonyl (C=O) groups is 1. The first-order valence-electron chi connectivity index (χ1n) is 9.81. The van der Waals surface area contributed by atoms with E-state index in [0.29, 0.717) is 29.6 Å². The summed E-state index contributed by atoms with van der Waals surface area (Å²) in [5.74, 6) is 1.77. The maximum Gasteiger partial charge on any atom is 0.264 e. The van der Waals surface area contributed by atoms with Crippen molar-refractivity contribution in [3.63, 3.8) is 0 Å². The molecule has 0 aliphatic carbocycles. The molecule has 0 spiro atoms. The maximum absolute atomic E-state index is 12.6. The molecule has 1 aliphatic rings. The average molecular weight is 409 g/mol. The SMILES string of the molecule is COc1ccc(-c2noc(COc3ccccc3C(=O)NC[C@H]3CCCO3)n2)cc1. The van der Waals surface area contributed by atoms with Gasteiger partial charge in [-0.25, -0.2) is 0 Å². The van der Waals surface area contributed by atoms with Crippen molar-refractivity contribution in [1.82, 2.24) is 15.5 Å². The van der Waals surface area contributed by atoms with Crippen molar-refractivity contribution in [3.05, 3.63) is 60.0 Å². The molecule has 1 saturated heterocycles. The van der Waals surface area contributed by atoms with Crippen LogP contribution in [0.2, 0.25) is 0 Å². The molecule has 1 fully saturated rings. The number of aromatic nitrogens is 2. The van der Waals surface area contributed by atoms with Gasteiger partial charge >= 0.3 is 0 Å². The fraction of sp³-hybridized carbons (Fsp3) is 0.318. The summed E-state index contributed by atoms with van der Waals surface area (Å²) in [6, 6.07) is 14.4. The van der Waals surface area contributed by atoms with Gasteiger partial charge in [0.25, 0.3) is 11.8 Å². The standard InChI is InChI=1S/C22H23N3O5/c1-27-16-10-8-15(9-11-16)21-24-20(30-25-21)14-29-19-7-3-2-6-18(19)22(26)23-13-17-5-4-12-28-17/h2-3,6-11,17H,4-5,12-14H2,1H3,(H,23,26)/t17-/m1/s1. The zero-order chi connectivity index (χ0) is 20.8. The molecule has 2 aromatic carbocycles. The van der Waals surface area contributed by atoms with E-state index in [1.165, 1.54) is 0 Å². The summed E-state index contributed by atoms with van der Waals surface area (Å²) in [7, 11) is 1.61. The van der Waals surface area contributed by atoms with E-state index in [9.17, 15) is 4.79 Å². The highest BCUT2D eigenvalue weighted by Crippen LogP contribution is 2.22. The molecule has 0 unspecified atom stereocenters. The van der Waals surface area contributed by atoms with Crippen LogP contribution < -0.4 is 14.8 Å². The number of carbonyl (C=O) groups excluding carboxylic acids is 1. The van der Waals surface area contributed by atoms with Gasteiger partial charge in [0.05, 0.1) is 18.8 Å². The number of nitrogens with one attached hydrogen (secondary N) is 1. The zero-order valence-corrected chi connectivity index (χ0v) is 16.7. The van der Waals surface area contributed by atoms with Crippen molar-refractivity contribution >= 4 is 5.91 Å². The van der Waals surface area contributed by atoms with Gasteiger partial charge in [-0.1, -0.05) is 17.3 Å². The quantitative estimate of drug-likeness (QED) is 0.610. The molecule has 1 amide bonds. The molecule has 8 heteroatoms. The van der Waals surface area contributed by atoms with Crippen molar-refractivity contribution in [2.75, 3.05) is 20.3 Å². The molecule has 3 aromatic rings. The Kier molecular flexibility index (Phi) is 6.24. The molecule has 30 heavy (non-hydrogen) atoms. The smallest absolute Gasteiger partial charge is 0.264 e. The van der Waals surface area contributed by atoms with E-state index in [4.69, 9.17) is 18.7 Å². The predicted molar refractivity (Wildman–Crippen MR) is 108 cm³/mol. The van der Waals surface area contributed by atoms with Gasteiger partial charge < -0.3 is 24.1 Å². The van der Waals surface area contributed by atoms with Crippen molar-refractivity contribution in [3.8, 4) is 22.9 Å². The number of hydrogen-bond acceptors (Lipinski definition) is 7. The Morgan fingerprint density at radius 2 is 2.03 bits per heavy atom. The third-order valence-corrected chi connectivity index (χ3v) is 4.81. The van der Waals surface area contributed by atoms with E-state index in [2.05, 4.69) is 15.5 Å². The van der Waals surface area contributed by atoms with Gasteiger partial charge in [0.1, 0.15) is 11.5 Å². The Morgan fingerprint density at radius 3 is 2.80 bits per heavy atom. The molecule has 156 valence electrons. The topological polar surface area (TPSA) is 95.7 Å². The van der Waals surface area contributed by atoms with Crippen LogP contribution in [0.1, 0.15) is 29.1 Å². The van der Waals surface area contributed by atoms with Gasteiger partial charge in [0.2, 0.25) is 5.82 Å². The van der Waals surface area contributed by atoms with E-state index in [1.54, 1.807) is 25.3 Å². The van der Waals surface area contributed by atoms with Gasteiger partial charge in [-0.3, -0.25) is 4.79 Å². The van der Waals surface area contributed by atoms with Crippen LogP contribution in [0.3, 0.4) is 0 Å². The number of nitrogens with zero attached hydrogens (tertiary/aromatic N) is 2. The Labute approximate surface area is 174 Å². The number of rotatable bonds is 8. The maximum atomic E-state index is 12.6. The van der Waals surface area contributed by atoms with Crippen LogP contribution in [0.4, 0.5) is 0 Å². The molecule has 1 N–H and O–H groups in total. The summed E-state index contributed by atoms with van der Waals surface area (Å²) in [6.07, 6.45) is 2.08. The molecule has 1 atom stereocenters. The Balaban J connectivity index is 1.38. The molecule has 8 nitrogen and oxygen atoms in total. The third kappa shape index (κ3) is 4.77. The molecule has 2 heterocycles. The first-order chi connectivity index (χ1) is 14.7. The lowest BCUT2D eigenvalue weighted by molar-refractivity contribution is 0.0853. The monoisotopic (exact) mass is 409 g/mol. The van der Waals surface area contributed by atoms with Gasteiger partial charge in [0, 0.05) is 18.7 Å². The van der Waals surface area contributed by atoms with Gasteiger partial charge in [-0.2, -0.15) is 4.98 Å². The highest BCUT2D eigenvalue weighted by molar-refractivity contribution is 5.96. The van der Waals surface area contributed by atoms with Crippen molar-refractivity contribution < 1.29 is 23.5 Å². The number of amides is 1. The van der Waals surface area contributed by atoms with Crippen LogP contribution in [0.25, 0.3) is 11.4 Å². The Hall–Kier alpha value is -3.39. The number of methoxy groups -OCH3 is 1. The normalized spacial score (nSPS) is 15.7. The van der Waals surface area contributed by atoms with Crippen molar-refractivity contribution in [1.29, 1.82) is 0 Å². The third-order valence-electron chi connectivity index (χ3n) is 4.81. The lowest BCUT2D eigenvalue weighted by atomic mass is 10.1. The molecule has 0 radical (unpaired) electrons. The number of benzene rings is 2. The summed E-state index contributed by atoms with van der Waals surface area (Å²) in [4.78, 5) is 16.9. The van der Waals surface area contributed by atoms with Crippen LogP contribution in [0.15, 0.2) is 53.1 Å². The molecule has 1 aliphatic heterocycles. The van der Waals surface area contributed by atoms with Crippen molar-refractivity contribution in [2.45, 2.75) is 25.6 Å². The minimum Gasteiger partial charge on any atom is -0.497 e. The minimum absolute atomic E-state index is 0.0547. The number of ether oxygens (including phenoxy) is 3. The highest BCUT2D eigenvalue weighted by atomic mass is 16.5. The van der Waals surface area contributed by atoms with Crippen LogP contribution in [0, 0.1) is 0 Å². The first kappa shape index (κ1) is 19.9. The number of hydrogen-bond donors (Lipinski definition) is 1. The fourth-order valence-corrected chi connectivity index (χ4v) is 3.20. The minimum atomic E-state index is -0.203. The molecule has 0 saturated carbocycles. The van der Waals surface area contributed by atoms with E-state index in [0.717, 1.165) is 30.8 Å². The van der Waals surface area contributed by atoms with Gasteiger partial charge in [0.15, 0.2) is 6.61 Å². The van der Waals surface area contributed by atoms with Gasteiger partial charge in [-0.05, 0) is 49.2 Å². The second kappa shape index (κ2) is 9.41. The van der Waals surface area contributed by atoms with Crippen LogP contribution in [-0.2, 0) is 11.3 Å². The van der Waals surface area contributed by atoms with E-state index < -0.39 is 0 Å². The highest BCUT2D eigenvalue weighted by Gasteiger charge is 2.19. The summed E-state index contributed by atoms with van der Waals surface area (Å²) in [5, 5.41) is 6.89. The second-order valence-corrected chi connectivity index (χ2v) is 6.87. The first-order valence-corrected chi connectivity index (χ1v) is 9.81. The molecular weight excluding hydrogens is 386 g/mol. The largest absolute Gasteiger partial charge is 0.497 e. The zero-order valence-electron chi connectivity index (χ0n) is 16.7. The van der Waals surface area contributed by atoms with Crippen LogP contribution >= 0.6 is 0 Å². The predicted octanol–water partition coefficient (Wildman–Crippen LogP) is 3.23. The van der Waals surface area contributed by atoms with Gasteiger partial charge in [-0.15, -0.1) is 0 Å². The number of para-hydroxylation sites is 1. The lowest BCUT2D eigenvalue weighted by Gasteiger charge is -2.13.